The molecule has 0 spiro atoms. The second-order valence-corrected chi connectivity index (χ2v) is 5.00. The summed E-state index contributed by atoms with van der Waals surface area (Å²) >= 11 is 0. The number of rotatable bonds is 3. The molecule has 6 heteroatoms. The van der Waals surface area contributed by atoms with Crippen molar-refractivity contribution in [2.45, 2.75) is 51.5 Å². The predicted octanol–water partition coefficient (Wildman–Crippen LogP) is 2.77. The molecule has 0 saturated heterocycles. The van der Waals surface area contributed by atoms with Crippen molar-refractivity contribution in [1.82, 2.24) is 9.78 Å². The molecule has 1 saturated carbocycles. The van der Waals surface area contributed by atoms with E-state index >= 15 is 0 Å². The molecule has 0 radical (unpaired) electrons. The highest BCUT2D eigenvalue weighted by molar-refractivity contribution is 5.59. The minimum absolute atomic E-state index is 0.113. The van der Waals surface area contributed by atoms with Gasteiger partial charge in [0.05, 0.1) is 4.92 Å². The van der Waals surface area contributed by atoms with Crippen molar-refractivity contribution in [3.63, 3.8) is 0 Å². The lowest BCUT2D eigenvalue weighted by molar-refractivity contribution is -0.384. The summed E-state index contributed by atoms with van der Waals surface area (Å²) in [6, 6.07) is 0.334. The first-order chi connectivity index (χ1) is 8.59. The fraction of sp³-hybridized carbons (Fsp3) is 0.750. The number of nitrogens with one attached hydrogen (secondary N) is 1. The zero-order valence-corrected chi connectivity index (χ0v) is 11.0. The SMILES string of the molecule is Cc1nn(C)c(NC2CCCCCC2)c1[N+](=O)[O-]. The van der Waals surface area contributed by atoms with Gasteiger partial charge in [-0.2, -0.15) is 5.10 Å². The van der Waals surface area contributed by atoms with Gasteiger partial charge in [0, 0.05) is 13.1 Å². The molecule has 0 aromatic carbocycles. The van der Waals surface area contributed by atoms with Crippen molar-refractivity contribution in [2.75, 3.05) is 5.32 Å². The molecular formula is C12H20N4O2. The van der Waals surface area contributed by atoms with Gasteiger partial charge >= 0.3 is 5.69 Å². The molecule has 2 rings (SSSR count). The van der Waals surface area contributed by atoms with Gasteiger partial charge in [-0.3, -0.25) is 10.1 Å². The average Bonchev–Trinajstić information content (AvgIpc) is 2.51. The fourth-order valence-electron chi connectivity index (χ4n) is 2.64. The molecule has 0 atom stereocenters. The molecule has 0 bridgehead atoms. The minimum atomic E-state index is -0.346. The number of hydrogen-bond acceptors (Lipinski definition) is 4. The lowest BCUT2D eigenvalue weighted by Crippen LogP contribution is -2.20. The standard InChI is InChI=1S/C12H20N4O2/c1-9-11(16(17)18)12(15(2)14-9)13-10-7-5-3-4-6-8-10/h10,13H,3-8H2,1-2H3. The third-order valence-electron chi connectivity index (χ3n) is 3.57. The first kappa shape index (κ1) is 12.9. The topological polar surface area (TPSA) is 73.0 Å². The molecule has 0 amide bonds. The highest BCUT2D eigenvalue weighted by Crippen LogP contribution is 2.30. The molecule has 1 aliphatic carbocycles. The van der Waals surface area contributed by atoms with Gasteiger partial charge in [0.15, 0.2) is 0 Å². The number of aromatic nitrogens is 2. The van der Waals surface area contributed by atoms with Crippen LogP contribution in [0.1, 0.15) is 44.2 Å². The number of hydrogen-bond donors (Lipinski definition) is 1. The Morgan fingerprint density at radius 3 is 2.50 bits per heavy atom. The zero-order chi connectivity index (χ0) is 13.1. The van der Waals surface area contributed by atoms with Crippen molar-refractivity contribution in [3.05, 3.63) is 15.8 Å². The molecule has 6 nitrogen and oxygen atoms in total. The molecule has 1 aromatic heterocycles. The number of nitrogens with zero attached hydrogens (tertiary/aromatic N) is 3. The average molecular weight is 252 g/mol. The molecular weight excluding hydrogens is 232 g/mol. The van der Waals surface area contributed by atoms with E-state index < -0.39 is 0 Å². The summed E-state index contributed by atoms with van der Waals surface area (Å²) in [6.07, 6.45) is 7.10. The minimum Gasteiger partial charge on any atom is -0.362 e. The predicted molar refractivity (Wildman–Crippen MR) is 69.7 cm³/mol. The number of anilines is 1. The molecule has 1 aromatic rings. The van der Waals surface area contributed by atoms with Gasteiger partial charge in [-0.1, -0.05) is 25.7 Å². The Bertz CT molecular complexity index is 434. The fourth-order valence-corrected chi connectivity index (χ4v) is 2.64. The first-order valence-electron chi connectivity index (χ1n) is 6.54. The van der Waals surface area contributed by atoms with E-state index in [0.717, 1.165) is 12.8 Å². The van der Waals surface area contributed by atoms with Crippen molar-refractivity contribution in [3.8, 4) is 0 Å². The zero-order valence-electron chi connectivity index (χ0n) is 11.0. The van der Waals surface area contributed by atoms with Gasteiger partial charge < -0.3 is 5.32 Å². The quantitative estimate of drug-likeness (QED) is 0.510. The van der Waals surface area contributed by atoms with E-state index in [2.05, 4.69) is 10.4 Å². The van der Waals surface area contributed by atoms with Crippen LogP contribution in [0.5, 0.6) is 0 Å². The monoisotopic (exact) mass is 252 g/mol. The largest absolute Gasteiger partial charge is 0.362 e. The van der Waals surface area contributed by atoms with Crippen LogP contribution in [0, 0.1) is 17.0 Å². The lowest BCUT2D eigenvalue weighted by atomic mass is 10.1. The molecule has 100 valence electrons. The van der Waals surface area contributed by atoms with Gasteiger partial charge in [0.25, 0.3) is 0 Å². The van der Waals surface area contributed by atoms with Gasteiger partial charge in [-0.05, 0) is 19.8 Å². The summed E-state index contributed by atoms with van der Waals surface area (Å²) in [5.41, 5.74) is 0.584. The lowest BCUT2D eigenvalue weighted by Gasteiger charge is -2.16. The normalized spacial score (nSPS) is 17.4. The first-order valence-corrected chi connectivity index (χ1v) is 6.54. The highest BCUT2D eigenvalue weighted by atomic mass is 16.6. The molecule has 0 aliphatic heterocycles. The smallest absolute Gasteiger partial charge is 0.333 e. The van der Waals surface area contributed by atoms with Gasteiger partial charge in [-0.15, -0.1) is 0 Å². The summed E-state index contributed by atoms with van der Waals surface area (Å²) in [7, 11) is 1.75. The van der Waals surface area contributed by atoms with E-state index in [1.807, 2.05) is 0 Å². The highest BCUT2D eigenvalue weighted by Gasteiger charge is 2.26. The summed E-state index contributed by atoms with van der Waals surface area (Å²) in [6.45, 7) is 1.68. The maximum absolute atomic E-state index is 11.1. The third kappa shape index (κ3) is 2.63. The maximum atomic E-state index is 11.1. The van der Waals surface area contributed by atoms with Crippen molar-refractivity contribution in [1.29, 1.82) is 0 Å². The Labute approximate surface area is 107 Å². The van der Waals surface area contributed by atoms with E-state index in [1.54, 1.807) is 18.7 Å². The second-order valence-electron chi connectivity index (χ2n) is 5.00. The second kappa shape index (κ2) is 5.37. The van der Waals surface area contributed by atoms with Crippen LogP contribution in [0.25, 0.3) is 0 Å². The van der Waals surface area contributed by atoms with E-state index in [-0.39, 0.29) is 10.6 Å². The Hall–Kier alpha value is -1.59. The molecule has 1 fully saturated rings. The van der Waals surface area contributed by atoms with Crippen molar-refractivity contribution in [2.24, 2.45) is 7.05 Å². The Morgan fingerprint density at radius 2 is 1.94 bits per heavy atom. The molecule has 18 heavy (non-hydrogen) atoms. The van der Waals surface area contributed by atoms with E-state index in [1.165, 1.54) is 25.7 Å². The van der Waals surface area contributed by atoms with E-state index in [0.29, 0.717) is 17.6 Å². The molecule has 0 unspecified atom stereocenters. The molecule has 1 aliphatic rings. The van der Waals surface area contributed by atoms with Crippen molar-refractivity contribution < 1.29 is 4.92 Å². The summed E-state index contributed by atoms with van der Waals surface area (Å²) in [5, 5.41) is 18.5. The Kier molecular flexibility index (Phi) is 3.84. The van der Waals surface area contributed by atoms with Gasteiger partial charge in [0.1, 0.15) is 5.69 Å². The van der Waals surface area contributed by atoms with Crippen LogP contribution in [0.15, 0.2) is 0 Å². The maximum Gasteiger partial charge on any atom is 0.333 e. The summed E-state index contributed by atoms with van der Waals surface area (Å²) in [4.78, 5) is 10.7. The van der Waals surface area contributed by atoms with E-state index in [4.69, 9.17) is 0 Å². The number of aryl methyl sites for hydroxylation is 2. The van der Waals surface area contributed by atoms with Crippen LogP contribution >= 0.6 is 0 Å². The van der Waals surface area contributed by atoms with Crippen LogP contribution in [0.2, 0.25) is 0 Å². The number of nitro groups is 1. The Balaban J connectivity index is 2.19. The summed E-state index contributed by atoms with van der Waals surface area (Å²) < 4.78 is 1.58. The van der Waals surface area contributed by atoms with Gasteiger partial charge in [-0.25, -0.2) is 4.68 Å². The van der Waals surface area contributed by atoms with Crippen LogP contribution in [-0.2, 0) is 7.05 Å². The summed E-state index contributed by atoms with van der Waals surface area (Å²) in [5.74, 6) is 0.546. The van der Waals surface area contributed by atoms with E-state index in [9.17, 15) is 10.1 Å². The van der Waals surface area contributed by atoms with Gasteiger partial charge in [0.2, 0.25) is 5.82 Å². The van der Waals surface area contributed by atoms with Crippen LogP contribution in [0.3, 0.4) is 0 Å². The van der Waals surface area contributed by atoms with Crippen molar-refractivity contribution >= 4 is 11.5 Å². The van der Waals surface area contributed by atoms with Crippen LogP contribution in [0.4, 0.5) is 11.5 Å². The Morgan fingerprint density at radius 1 is 1.33 bits per heavy atom. The third-order valence-corrected chi connectivity index (χ3v) is 3.57. The molecule has 1 N–H and O–H groups in total. The van der Waals surface area contributed by atoms with Crippen LogP contribution in [-0.4, -0.2) is 20.7 Å². The molecule has 1 heterocycles. The van der Waals surface area contributed by atoms with Crippen LogP contribution < -0.4 is 5.32 Å².